The lowest BCUT2D eigenvalue weighted by Gasteiger charge is -2.21. The molecule has 35 heavy (non-hydrogen) atoms. The molecule has 4 heterocycles. The molecule has 2 aliphatic heterocycles. The van der Waals surface area contributed by atoms with Gasteiger partial charge in [0.1, 0.15) is 20.8 Å². The molecule has 1 fully saturated rings. The maximum atomic E-state index is 13.9. The molecule has 6 rings (SSSR count). The van der Waals surface area contributed by atoms with Crippen LogP contribution in [0.2, 0.25) is 0 Å². The summed E-state index contributed by atoms with van der Waals surface area (Å²) in [5.74, 6) is 1.26. The highest BCUT2D eigenvalue weighted by molar-refractivity contribution is 8.00. The number of thiophene rings is 1. The van der Waals surface area contributed by atoms with Gasteiger partial charge >= 0.3 is 6.18 Å². The first-order valence-electron chi connectivity index (χ1n) is 11.4. The molecule has 6 nitrogen and oxygen atoms in total. The molecule has 0 saturated heterocycles. The predicted molar refractivity (Wildman–Crippen MR) is 133 cm³/mol. The Morgan fingerprint density at radius 2 is 2.00 bits per heavy atom. The van der Waals surface area contributed by atoms with Crippen LogP contribution in [0, 0.1) is 0 Å². The zero-order valence-electron chi connectivity index (χ0n) is 18.5. The number of thioether (sulfide) groups is 1. The highest BCUT2D eigenvalue weighted by Crippen LogP contribution is 2.46. The Morgan fingerprint density at radius 1 is 1.14 bits per heavy atom. The number of aromatic nitrogens is 2. The summed E-state index contributed by atoms with van der Waals surface area (Å²) in [6, 6.07) is 5.98. The summed E-state index contributed by atoms with van der Waals surface area (Å²) in [4.78, 5) is 9.46. The van der Waals surface area contributed by atoms with Crippen molar-refractivity contribution in [3.63, 3.8) is 0 Å². The number of halogens is 3. The second-order valence-corrected chi connectivity index (χ2v) is 12.4. The summed E-state index contributed by atoms with van der Waals surface area (Å²) >= 11 is 2.57. The molecule has 0 radical (unpaired) electrons. The van der Waals surface area contributed by atoms with E-state index in [0.717, 1.165) is 60.5 Å². The van der Waals surface area contributed by atoms with E-state index in [2.05, 4.69) is 37.5 Å². The summed E-state index contributed by atoms with van der Waals surface area (Å²) in [5.41, 5.74) is 3.44. The van der Waals surface area contributed by atoms with E-state index >= 15 is 0 Å². The molecule has 1 aliphatic carbocycles. The van der Waals surface area contributed by atoms with E-state index in [0.29, 0.717) is 27.3 Å². The fourth-order valence-electron chi connectivity index (χ4n) is 4.41. The van der Waals surface area contributed by atoms with Gasteiger partial charge in [0, 0.05) is 35.6 Å². The quantitative estimate of drug-likeness (QED) is 0.424. The number of hydrogen-bond acceptors (Lipinski definition) is 7. The lowest BCUT2D eigenvalue weighted by Crippen LogP contribution is -2.24. The molecule has 0 amide bonds. The van der Waals surface area contributed by atoms with Crippen LogP contribution in [-0.4, -0.2) is 33.0 Å². The number of rotatable bonds is 4. The van der Waals surface area contributed by atoms with Crippen molar-refractivity contribution < 1.29 is 17.4 Å². The van der Waals surface area contributed by atoms with Gasteiger partial charge in [-0.1, -0.05) is 6.07 Å². The number of fused-ring (bicyclic) bond motifs is 2. The minimum Gasteiger partial charge on any atom is -0.324 e. The molecule has 0 spiro atoms. The van der Waals surface area contributed by atoms with Crippen molar-refractivity contribution >= 4 is 45.7 Å². The van der Waals surface area contributed by atoms with Crippen molar-refractivity contribution in [3.8, 4) is 10.6 Å². The van der Waals surface area contributed by atoms with Gasteiger partial charge in [0.15, 0.2) is 0 Å². The van der Waals surface area contributed by atoms with Gasteiger partial charge in [-0.05, 0) is 60.5 Å². The average molecular weight is 538 g/mol. The molecular weight excluding hydrogens is 515 g/mol. The smallest absolute Gasteiger partial charge is 0.324 e. The van der Waals surface area contributed by atoms with E-state index in [1.54, 1.807) is 6.07 Å². The Balaban J connectivity index is 1.41. The fourth-order valence-corrected chi connectivity index (χ4v) is 8.26. The van der Waals surface area contributed by atoms with Gasteiger partial charge in [-0.2, -0.15) is 13.2 Å². The number of anilines is 2. The minimum atomic E-state index is -4.61. The third-order valence-electron chi connectivity index (χ3n) is 6.28. The molecular formula is C23H22F3N5OS3. The van der Waals surface area contributed by atoms with Gasteiger partial charge in [0.05, 0.1) is 10.6 Å². The Hall–Kier alpha value is -1.99. The summed E-state index contributed by atoms with van der Waals surface area (Å²) < 4.78 is 57.6. The van der Waals surface area contributed by atoms with Gasteiger partial charge in [-0.25, -0.2) is 18.9 Å². The maximum Gasteiger partial charge on any atom is 0.420 e. The summed E-state index contributed by atoms with van der Waals surface area (Å²) in [6.45, 7) is 2.30. The van der Waals surface area contributed by atoms with Crippen LogP contribution in [0.25, 0.3) is 10.6 Å². The van der Waals surface area contributed by atoms with Crippen LogP contribution in [0.1, 0.15) is 41.0 Å². The molecule has 1 unspecified atom stereocenters. The summed E-state index contributed by atoms with van der Waals surface area (Å²) in [7, 11) is -1.45. The van der Waals surface area contributed by atoms with Crippen molar-refractivity contribution in [1.29, 1.82) is 0 Å². The van der Waals surface area contributed by atoms with Crippen LogP contribution >= 0.6 is 23.1 Å². The Morgan fingerprint density at radius 3 is 2.80 bits per heavy atom. The molecule has 3 aliphatic rings. The van der Waals surface area contributed by atoms with Gasteiger partial charge in [-0.3, -0.25) is 0 Å². The number of hydrogen-bond donors (Lipinski definition) is 3. The fraction of sp³-hybridized carbons (Fsp3) is 0.391. The SMILES string of the molecule is O=S1NCCSc2cc(-c3nc(Nc4cc5c(cc4C4CC4)CNCC5)ncc3C(F)(F)F)sc21. The molecule has 3 N–H and O–H groups in total. The van der Waals surface area contributed by atoms with Crippen LogP contribution in [-0.2, 0) is 30.1 Å². The highest BCUT2D eigenvalue weighted by Gasteiger charge is 2.37. The molecule has 12 heteroatoms. The molecule has 1 saturated carbocycles. The van der Waals surface area contributed by atoms with Gasteiger partial charge in [0.25, 0.3) is 0 Å². The van der Waals surface area contributed by atoms with Crippen LogP contribution in [0.3, 0.4) is 0 Å². The molecule has 0 bridgehead atoms. The zero-order chi connectivity index (χ0) is 24.2. The van der Waals surface area contributed by atoms with Crippen LogP contribution < -0.4 is 15.4 Å². The zero-order valence-corrected chi connectivity index (χ0v) is 20.9. The molecule has 3 aromatic rings. The highest BCUT2D eigenvalue weighted by atomic mass is 32.2. The first kappa shape index (κ1) is 23.4. The maximum absolute atomic E-state index is 13.9. The van der Waals surface area contributed by atoms with Gasteiger partial charge < -0.3 is 10.6 Å². The van der Waals surface area contributed by atoms with Crippen LogP contribution in [0.15, 0.2) is 33.5 Å². The average Bonchev–Trinajstić information content (AvgIpc) is 3.62. The van der Waals surface area contributed by atoms with Crippen LogP contribution in [0.5, 0.6) is 0 Å². The predicted octanol–water partition coefficient (Wildman–Crippen LogP) is 5.21. The second kappa shape index (κ2) is 9.15. The standard InChI is InChI=1S/C23H22F3N5OS3/c24-23(25,26)16-11-28-22(31-20(16)18-9-19-21(34-18)35(32)29-5-6-33-19)30-17-8-13-3-4-27-10-14(13)7-15(17)12-1-2-12/h7-9,11-12,27,29H,1-6,10H2,(H,28,30,31). The molecule has 2 aromatic heterocycles. The Labute approximate surface area is 211 Å². The Kier molecular flexibility index (Phi) is 6.12. The van der Waals surface area contributed by atoms with E-state index in [4.69, 9.17) is 0 Å². The van der Waals surface area contributed by atoms with E-state index in [9.17, 15) is 17.4 Å². The molecule has 184 valence electrons. The third kappa shape index (κ3) is 4.74. The summed E-state index contributed by atoms with van der Waals surface area (Å²) in [6.07, 6.45) is -0.667. The van der Waals surface area contributed by atoms with Gasteiger partial charge in [0.2, 0.25) is 5.95 Å². The normalized spacial score (nSPS) is 20.1. The van der Waals surface area contributed by atoms with Crippen molar-refractivity contribution in [1.82, 2.24) is 20.0 Å². The van der Waals surface area contributed by atoms with E-state index in [1.807, 2.05) is 0 Å². The van der Waals surface area contributed by atoms with Crippen molar-refractivity contribution in [2.24, 2.45) is 0 Å². The van der Waals surface area contributed by atoms with Crippen molar-refractivity contribution in [2.75, 3.05) is 24.2 Å². The van der Waals surface area contributed by atoms with Crippen LogP contribution in [0.4, 0.5) is 24.8 Å². The monoisotopic (exact) mass is 537 g/mol. The number of nitrogens with zero attached hydrogens (tertiary/aromatic N) is 2. The first-order valence-corrected chi connectivity index (χ1v) is 14.3. The third-order valence-corrected chi connectivity index (χ3v) is 10.2. The number of alkyl halides is 3. The lowest BCUT2D eigenvalue weighted by molar-refractivity contribution is -0.137. The van der Waals surface area contributed by atoms with Crippen molar-refractivity contribution in [3.05, 3.63) is 46.6 Å². The number of benzene rings is 1. The molecule has 1 aromatic carbocycles. The lowest BCUT2D eigenvalue weighted by atomic mass is 9.95. The number of nitrogens with one attached hydrogen (secondary N) is 3. The van der Waals surface area contributed by atoms with E-state index in [-0.39, 0.29) is 11.6 Å². The van der Waals surface area contributed by atoms with Crippen molar-refractivity contribution in [2.45, 2.75) is 47.0 Å². The first-order chi connectivity index (χ1) is 16.9. The van der Waals surface area contributed by atoms with E-state index < -0.39 is 22.7 Å². The topological polar surface area (TPSA) is 78.9 Å². The second-order valence-electron chi connectivity index (χ2n) is 8.76. The minimum absolute atomic E-state index is 0.124. The largest absolute Gasteiger partial charge is 0.420 e. The van der Waals surface area contributed by atoms with Gasteiger partial charge in [-0.15, -0.1) is 23.1 Å². The summed E-state index contributed by atoms with van der Waals surface area (Å²) in [5, 5.41) is 6.62. The molecule has 1 atom stereocenters. The Bertz CT molecular complexity index is 1320. The van der Waals surface area contributed by atoms with E-state index in [1.165, 1.54) is 28.5 Å².